The molecule has 1 fully saturated rings. The van der Waals surface area contributed by atoms with Crippen LogP contribution in [0.25, 0.3) is 0 Å². The summed E-state index contributed by atoms with van der Waals surface area (Å²) >= 11 is 1.67. The molecule has 0 saturated heterocycles. The van der Waals surface area contributed by atoms with Crippen LogP contribution in [0.15, 0.2) is 0 Å². The van der Waals surface area contributed by atoms with Crippen LogP contribution in [-0.4, -0.2) is 16.8 Å². The lowest BCUT2D eigenvalue weighted by atomic mass is 9.93. The normalized spacial score (nSPS) is 19.9. The van der Waals surface area contributed by atoms with Crippen LogP contribution < -0.4 is 0 Å². The number of hydrogen-bond acceptors (Lipinski definition) is 2. The Morgan fingerprint density at radius 2 is 1.83 bits per heavy atom. The summed E-state index contributed by atoms with van der Waals surface area (Å²) in [6, 6.07) is 0. The lowest BCUT2D eigenvalue weighted by Crippen LogP contribution is -2.32. The van der Waals surface area contributed by atoms with Crippen molar-refractivity contribution in [1.29, 1.82) is 0 Å². The van der Waals surface area contributed by atoms with E-state index in [2.05, 4.69) is 0 Å². The van der Waals surface area contributed by atoms with E-state index in [0.29, 0.717) is 11.7 Å². The van der Waals surface area contributed by atoms with Crippen molar-refractivity contribution < 1.29 is 4.79 Å². The first kappa shape index (κ1) is 10.1. The molecule has 0 N–H and O–H groups in total. The Balaban J connectivity index is 2.56. The Bertz CT molecular complexity index is 169. The van der Waals surface area contributed by atoms with Crippen LogP contribution in [0.2, 0.25) is 0 Å². The number of thioether (sulfide) groups is 1. The summed E-state index contributed by atoms with van der Waals surface area (Å²) < 4.78 is -0.158. The van der Waals surface area contributed by atoms with Crippen LogP contribution in [0.1, 0.15) is 39.5 Å². The molecule has 0 spiro atoms. The fourth-order valence-electron chi connectivity index (χ4n) is 1.78. The third kappa shape index (κ3) is 2.03. The minimum absolute atomic E-state index is 0.158. The maximum absolute atomic E-state index is 11.9. The van der Waals surface area contributed by atoms with Crippen LogP contribution in [0.4, 0.5) is 0 Å². The van der Waals surface area contributed by atoms with E-state index in [1.807, 2.05) is 20.1 Å². The summed E-state index contributed by atoms with van der Waals surface area (Å²) in [6.45, 7) is 4.08. The molecule has 1 rings (SSSR count). The number of rotatable bonds is 3. The molecule has 0 unspecified atom stereocenters. The minimum atomic E-state index is -0.158. The van der Waals surface area contributed by atoms with Gasteiger partial charge in [-0.25, -0.2) is 0 Å². The van der Waals surface area contributed by atoms with Gasteiger partial charge in [0.15, 0.2) is 5.78 Å². The van der Waals surface area contributed by atoms with Crippen molar-refractivity contribution in [2.45, 2.75) is 44.3 Å². The molecule has 12 heavy (non-hydrogen) atoms. The number of Topliss-reactive ketones (excluding diaryl/α,β-unsaturated/α-hetero) is 1. The Kier molecular flexibility index (Phi) is 3.22. The highest BCUT2D eigenvalue weighted by molar-refractivity contribution is 8.00. The second kappa shape index (κ2) is 3.82. The van der Waals surface area contributed by atoms with Crippen LogP contribution in [0, 0.1) is 5.92 Å². The van der Waals surface area contributed by atoms with Crippen molar-refractivity contribution in [2.24, 2.45) is 5.92 Å². The Morgan fingerprint density at radius 1 is 1.33 bits per heavy atom. The molecule has 0 amide bonds. The average Bonchev–Trinajstić information content (AvgIpc) is 2.55. The Labute approximate surface area is 79.3 Å². The molecule has 0 atom stereocenters. The van der Waals surface area contributed by atoms with E-state index in [1.165, 1.54) is 12.8 Å². The molecule has 0 aromatic rings. The van der Waals surface area contributed by atoms with Crippen LogP contribution >= 0.6 is 11.8 Å². The molecule has 0 aromatic heterocycles. The van der Waals surface area contributed by atoms with Crippen LogP contribution in [-0.2, 0) is 4.79 Å². The Morgan fingerprint density at radius 3 is 2.25 bits per heavy atom. The fourth-order valence-corrected chi connectivity index (χ4v) is 2.15. The number of carbonyl (C=O) groups is 1. The molecule has 1 aliphatic carbocycles. The van der Waals surface area contributed by atoms with Gasteiger partial charge in [0.25, 0.3) is 0 Å². The maximum atomic E-state index is 11.9. The standard InChI is InChI=1S/C10H18OS/c1-10(2,12-3)9(11)8-6-4-5-7-8/h8H,4-7H2,1-3H3. The van der Waals surface area contributed by atoms with Crippen LogP contribution in [0.3, 0.4) is 0 Å². The monoisotopic (exact) mass is 186 g/mol. The molecule has 0 heterocycles. The predicted octanol–water partition coefficient (Wildman–Crippen LogP) is 2.89. The number of carbonyl (C=O) groups excluding carboxylic acids is 1. The number of hydrogen-bond donors (Lipinski definition) is 0. The summed E-state index contributed by atoms with van der Waals surface area (Å²) in [5, 5.41) is 0. The third-order valence-electron chi connectivity index (χ3n) is 2.83. The summed E-state index contributed by atoms with van der Waals surface area (Å²) in [6.07, 6.45) is 6.78. The lowest BCUT2D eigenvalue weighted by Gasteiger charge is -2.23. The Hall–Kier alpha value is 0.0200. The molecular weight excluding hydrogens is 168 g/mol. The quantitative estimate of drug-likeness (QED) is 0.674. The van der Waals surface area contributed by atoms with E-state index in [9.17, 15) is 4.79 Å². The van der Waals surface area contributed by atoms with Gasteiger partial charge in [-0.2, -0.15) is 11.8 Å². The van der Waals surface area contributed by atoms with Crippen molar-refractivity contribution in [3.05, 3.63) is 0 Å². The topological polar surface area (TPSA) is 17.1 Å². The van der Waals surface area contributed by atoms with Crippen molar-refractivity contribution in [3.63, 3.8) is 0 Å². The molecule has 0 aromatic carbocycles. The summed E-state index contributed by atoms with van der Waals surface area (Å²) in [4.78, 5) is 11.9. The molecule has 2 heteroatoms. The zero-order valence-electron chi connectivity index (χ0n) is 8.22. The molecular formula is C10H18OS. The van der Waals surface area contributed by atoms with Crippen molar-refractivity contribution in [1.82, 2.24) is 0 Å². The molecule has 1 saturated carbocycles. The summed E-state index contributed by atoms with van der Waals surface area (Å²) in [5.41, 5.74) is 0. The van der Waals surface area contributed by atoms with E-state index in [-0.39, 0.29) is 4.75 Å². The van der Waals surface area contributed by atoms with E-state index in [1.54, 1.807) is 11.8 Å². The molecule has 0 bridgehead atoms. The van der Waals surface area contributed by atoms with Gasteiger partial charge in [0.05, 0.1) is 4.75 Å². The van der Waals surface area contributed by atoms with Gasteiger partial charge in [-0.15, -0.1) is 0 Å². The average molecular weight is 186 g/mol. The molecule has 1 nitrogen and oxygen atoms in total. The zero-order chi connectivity index (χ0) is 9.19. The van der Waals surface area contributed by atoms with Gasteiger partial charge in [-0.05, 0) is 32.9 Å². The SMILES string of the molecule is CSC(C)(C)C(=O)C1CCCC1. The highest BCUT2D eigenvalue weighted by Crippen LogP contribution is 2.33. The van der Waals surface area contributed by atoms with Gasteiger partial charge < -0.3 is 0 Å². The summed E-state index contributed by atoms with van der Waals surface area (Å²) in [7, 11) is 0. The third-order valence-corrected chi connectivity index (χ3v) is 4.05. The smallest absolute Gasteiger partial charge is 0.151 e. The lowest BCUT2D eigenvalue weighted by molar-refractivity contribution is -0.124. The fraction of sp³-hybridized carbons (Fsp3) is 0.900. The minimum Gasteiger partial charge on any atom is -0.298 e. The molecule has 0 radical (unpaired) electrons. The van der Waals surface area contributed by atoms with E-state index >= 15 is 0 Å². The van der Waals surface area contributed by atoms with E-state index in [4.69, 9.17) is 0 Å². The van der Waals surface area contributed by atoms with E-state index < -0.39 is 0 Å². The molecule has 1 aliphatic rings. The first-order valence-corrected chi connectivity index (χ1v) is 5.90. The second-order valence-corrected chi connectivity index (χ2v) is 5.49. The predicted molar refractivity (Wildman–Crippen MR) is 54.6 cm³/mol. The zero-order valence-corrected chi connectivity index (χ0v) is 9.04. The van der Waals surface area contributed by atoms with Crippen LogP contribution in [0.5, 0.6) is 0 Å². The highest BCUT2D eigenvalue weighted by Gasteiger charge is 2.34. The molecule has 70 valence electrons. The van der Waals surface area contributed by atoms with E-state index in [0.717, 1.165) is 12.8 Å². The second-order valence-electron chi connectivity index (χ2n) is 4.06. The van der Waals surface area contributed by atoms with Gasteiger partial charge in [-0.3, -0.25) is 4.79 Å². The van der Waals surface area contributed by atoms with Crippen molar-refractivity contribution in [2.75, 3.05) is 6.26 Å². The number of ketones is 1. The first-order valence-electron chi connectivity index (χ1n) is 4.67. The highest BCUT2D eigenvalue weighted by atomic mass is 32.2. The largest absolute Gasteiger partial charge is 0.298 e. The molecule has 0 aliphatic heterocycles. The van der Waals surface area contributed by atoms with Crippen molar-refractivity contribution >= 4 is 17.5 Å². The van der Waals surface area contributed by atoms with Gasteiger partial charge in [0.1, 0.15) is 0 Å². The van der Waals surface area contributed by atoms with Gasteiger partial charge in [0, 0.05) is 5.92 Å². The van der Waals surface area contributed by atoms with Gasteiger partial charge >= 0.3 is 0 Å². The summed E-state index contributed by atoms with van der Waals surface area (Å²) in [5.74, 6) is 0.833. The van der Waals surface area contributed by atoms with Crippen molar-refractivity contribution in [3.8, 4) is 0 Å². The van der Waals surface area contributed by atoms with Gasteiger partial charge in [-0.1, -0.05) is 12.8 Å². The maximum Gasteiger partial charge on any atom is 0.151 e. The van der Waals surface area contributed by atoms with Gasteiger partial charge in [0.2, 0.25) is 0 Å². The first-order chi connectivity index (χ1) is 5.58.